The molecule has 7 nitrogen and oxygen atoms in total. The van der Waals surface area contributed by atoms with Gasteiger partial charge in [0, 0.05) is 18.3 Å². The fourth-order valence-electron chi connectivity index (χ4n) is 2.96. The molecular formula is C24H32N4O3S2. The first-order chi connectivity index (χ1) is 16.2. The van der Waals surface area contributed by atoms with Crippen molar-refractivity contribution < 1.29 is 13.7 Å². The molecule has 0 fully saturated rings. The van der Waals surface area contributed by atoms with Crippen LogP contribution in [0.1, 0.15) is 54.4 Å². The van der Waals surface area contributed by atoms with Crippen molar-refractivity contribution in [3.63, 3.8) is 0 Å². The van der Waals surface area contributed by atoms with Gasteiger partial charge in [-0.15, -0.1) is 11.3 Å². The summed E-state index contributed by atoms with van der Waals surface area (Å²) < 4.78 is 11.0. The molecule has 1 aromatic carbocycles. The van der Waals surface area contributed by atoms with E-state index in [4.69, 9.17) is 14.1 Å². The summed E-state index contributed by atoms with van der Waals surface area (Å²) in [7, 11) is 0. The quantitative estimate of drug-likeness (QED) is 0.178. The largest absolute Gasteiger partial charge is 0.489 e. The lowest BCUT2D eigenvalue weighted by molar-refractivity contribution is 0.104. The van der Waals surface area contributed by atoms with E-state index in [1.54, 1.807) is 6.20 Å². The van der Waals surface area contributed by atoms with Gasteiger partial charge in [-0.1, -0.05) is 45.4 Å². The average molecular weight is 489 g/mol. The molecule has 3 N–H and O–H groups in total. The van der Waals surface area contributed by atoms with Crippen molar-refractivity contribution >= 4 is 35.2 Å². The third-order valence-electron chi connectivity index (χ3n) is 4.78. The zero-order valence-corrected chi connectivity index (χ0v) is 21.0. The third-order valence-corrected chi connectivity index (χ3v) is 6.03. The topological polar surface area (TPSA) is 99.4 Å². The molecule has 0 amide bonds. The number of ether oxygens (including phenoxy) is 1. The summed E-state index contributed by atoms with van der Waals surface area (Å²) in [6, 6.07) is 11.5. The molecule has 0 radical (unpaired) electrons. The fourth-order valence-corrected chi connectivity index (χ4v) is 4.08. The first-order valence-electron chi connectivity index (χ1n) is 11.0. The molecule has 9 heteroatoms. The molecule has 33 heavy (non-hydrogen) atoms. The standard InChI is InChI=1S/C22H26N4O3S2.C2H6/c1-2-16(13-29-31-23)8-9-25-22-19(11-24-15-26-22)21(27)20-10-17(14-30-20)12-28-18-6-4-3-5-7-18;1-2/h3-7,10-11,14-16H,2,8-9,12-13,23H2,1H3,(H,24,25,26);1-2H3. The van der Waals surface area contributed by atoms with Crippen LogP contribution in [0.25, 0.3) is 0 Å². The summed E-state index contributed by atoms with van der Waals surface area (Å²) in [4.78, 5) is 22.0. The van der Waals surface area contributed by atoms with E-state index < -0.39 is 0 Å². The molecule has 0 saturated carbocycles. The molecule has 0 aliphatic carbocycles. The molecule has 3 aromatic rings. The monoisotopic (exact) mass is 488 g/mol. The van der Waals surface area contributed by atoms with Crippen LogP contribution in [0.2, 0.25) is 0 Å². The lowest BCUT2D eigenvalue weighted by atomic mass is 10.0. The van der Waals surface area contributed by atoms with Gasteiger partial charge in [0.05, 0.1) is 29.3 Å². The molecule has 0 bridgehead atoms. The minimum atomic E-state index is -0.103. The zero-order valence-electron chi connectivity index (χ0n) is 19.3. The molecule has 1 atom stereocenters. The fraction of sp³-hybridized carbons (Fsp3) is 0.375. The number of hydrogen-bond acceptors (Lipinski definition) is 9. The van der Waals surface area contributed by atoms with Crippen molar-refractivity contribution in [2.45, 2.75) is 40.2 Å². The highest BCUT2D eigenvalue weighted by Crippen LogP contribution is 2.23. The van der Waals surface area contributed by atoms with Crippen molar-refractivity contribution in [3.8, 4) is 5.75 Å². The average Bonchev–Trinajstić information content (AvgIpc) is 3.35. The predicted molar refractivity (Wildman–Crippen MR) is 137 cm³/mol. The maximum Gasteiger partial charge on any atom is 0.208 e. The van der Waals surface area contributed by atoms with Crippen LogP contribution in [0.15, 0.2) is 54.3 Å². The van der Waals surface area contributed by atoms with Crippen LogP contribution in [-0.2, 0) is 10.8 Å². The molecule has 2 aromatic heterocycles. The van der Waals surface area contributed by atoms with Crippen LogP contribution in [0.3, 0.4) is 0 Å². The molecule has 0 aliphatic rings. The second-order valence-corrected chi connectivity index (χ2v) is 8.24. The van der Waals surface area contributed by atoms with Gasteiger partial charge < -0.3 is 14.2 Å². The Balaban J connectivity index is 0.00000187. The molecule has 1 unspecified atom stereocenters. The number of nitrogens with zero attached hydrogens (tertiary/aromatic N) is 2. The van der Waals surface area contributed by atoms with E-state index in [1.165, 1.54) is 17.7 Å². The van der Waals surface area contributed by atoms with Gasteiger partial charge in [-0.05, 0) is 35.9 Å². The second kappa shape index (κ2) is 15.4. The molecule has 2 heterocycles. The number of carbonyl (C=O) groups excluding carboxylic acids is 1. The highest BCUT2D eigenvalue weighted by Gasteiger charge is 2.18. The van der Waals surface area contributed by atoms with Crippen LogP contribution in [-0.4, -0.2) is 28.9 Å². The van der Waals surface area contributed by atoms with Crippen LogP contribution in [0.5, 0.6) is 5.75 Å². The first kappa shape index (κ1) is 26.8. The Morgan fingerprint density at radius 1 is 1.27 bits per heavy atom. The van der Waals surface area contributed by atoms with Crippen molar-refractivity contribution in [1.82, 2.24) is 9.97 Å². The van der Waals surface area contributed by atoms with E-state index >= 15 is 0 Å². The Bertz CT molecular complexity index is 954. The summed E-state index contributed by atoms with van der Waals surface area (Å²) in [5.41, 5.74) is 1.41. The molecule has 0 saturated heterocycles. The van der Waals surface area contributed by atoms with E-state index in [2.05, 4.69) is 22.2 Å². The number of nitrogens with one attached hydrogen (secondary N) is 1. The molecule has 178 valence electrons. The normalized spacial score (nSPS) is 11.3. The Morgan fingerprint density at radius 3 is 2.79 bits per heavy atom. The Labute approximate surface area is 204 Å². The van der Waals surface area contributed by atoms with E-state index in [0.29, 0.717) is 41.9 Å². The number of benzene rings is 1. The van der Waals surface area contributed by atoms with E-state index in [1.807, 2.05) is 55.6 Å². The SMILES string of the molecule is CC.CCC(CCNc1ncncc1C(=O)c1cc(COc2ccccc2)cs1)COSN. The Morgan fingerprint density at radius 2 is 2.06 bits per heavy atom. The van der Waals surface area contributed by atoms with Gasteiger partial charge in [0.1, 0.15) is 24.5 Å². The number of carbonyl (C=O) groups is 1. The van der Waals surface area contributed by atoms with Gasteiger partial charge in [-0.2, -0.15) is 0 Å². The van der Waals surface area contributed by atoms with Gasteiger partial charge in [-0.3, -0.25) is 9.93 Å². The van der Waals surface area contributed by atoms with Gasteiger partial charge in [0.15, 0.2) is 0 Å². The van der Waals surface area contributed by atoms with Crippen molar-refractivity contribution in [3.05, 3.63) is 70.3 Å². The van der Waals surface area contributed by atoms with Crippen molar-refractivity contribution in [2.75, 3.05) is 18.5 Å². The highest BCUT2D eigenvalue weighted by atomic mass is 32.2. The summed E-state index contributed by atoms with van der Waals surface area (Å²) >= 11 is 2.28. The van der Waals surface area contributed by atoms with Gasteiger partial charge in [0.25, 0.3) is 0 Å². The number of para-hydroxylation sites is 1. The molecule has 0 aliphatic heterocycles. The number of nitrogens with two attached hydrogens (primary N) is 1. The van der Waals surface area contributed by atoms with E-state index in [0.717, 1.165) is 36.4 Å². The molecular weight excluding hydrogens is 456 g/mol. The Hall–Kier alpha value is -2.46. The second-order valence-electron chi connectivity index (χ2n) is 6.91. The summed E-state index contributed by atoms with van der Waals surface area (Å²) in [5.74, 6) is 1.62. The smallest absolute Gasteiger partial charge is 0.208 e. The lowest BCUT2D eigenvalue weighted by Gasteiger charge is -2.15. The van der Waals surface area contributed by atoms with E-state index in [9.17, 15) is 4.79 Å². The predicted octanol–water partition coefficient (Wildman–Crippen LogP) is 5.74. The number of rotatable bonds is 13. The Kier molecular flexibility index (Phi) is 12.5. The summed E-state index contributed by atoms with van der Waals surface area (Å²) in [6.07, 6.45) is 4.87. The third kappa shape index (κ3) is 8.77. The molecule has 0 spiro atoms. The zero-order chi connectivity index (χ0) is 23.9. The van der Waals surface area contributed by atoms with Crippen LogP contribution < -0.4 is 15.2 Å². The van der Waals surface area contributed by atoms with Gasteiger partial charge in [0.2, 0.25) is 5.78 Å². The number of aromatic nitrogens is 2. The number of anilines is 1. The summed E-state index contributed by atoms with van der Waals surface area (Å²) in [5, 5.41) is 10.5. The van der Waals surface area contributed by atoms with Gasteiger partial charge in [-0.25, -0.2) is 9.97 Å². The van der Waals surface area contributed by atoms with E-state index in [-0.39, 0.29) is 5.78 Å². The maximum absolute atomic E-state index is 13.1. The lowest BCUT2D eigenvalue weighted by Crippen LogP contribution is -2.15. The van der Waals surface area contributed by atoms with Crippen LogP contribution in [0.4, 0.5) is 5.82 Å². The highest BCUT2D eigenvalue weighted by molar-refractivity contribution is 7.92. The van der Waals surface area contributed by atoms with Crippen molar-refractivity contribution in [1.29, 1.82) is 0 Å². The first-order valence-corrected chi connectivity index (χ1v) is 12.7. The van der Waals surface area contributed by atoms with Gasteiger partial charge >= 0.3 is 0 Å². The number of ketones is 1. The van der Waals surface area contributed by atoms with Crippen molar-refractivity contribution in [2.24, 2.45) is 11.1 Å². The number of hydrogen-bond donors (Lipinski definition) is 2. The minimum absolute atomic E-state index is 0.103. The van der Waals surface area contributed by atoms with Crippen LogP contribution in [0, 0.1) is 5.92 Å². The minimum Gasteiger partial charge on any atom is -0.489 e. The number of thiophene rings is 1. The van der Waals surface area contributed by atoms with Crippen LogP contribution >= 0.6 is 23.6 Å². The maximum atomic E-state index is 13.1. The summed E-state index contributed by atoms with van der Waals surface area (Å²) in [6.45, 7) is 7.80. The molecule has 3 rings (SSSR count).